The van der Waals surface area contributed by atoms with Gasteiger partial charge in [0.15, 0.2) is 5.96 Å². The molecule has 2 N–H and O–H groups in total. The van der Waals surface area contributed by atoms with Crippen molar-refractivity contribution >= 4 is 11.9 Å². The molecule has 33 heavy (non-hydrogen) atoms. The van der Waals surface area contributed by atoms with Crippen molar-refractivity contribution in [3.63, 3.8) is 0 Å². The molecule has 0 aromatic heterocycles. The summed E-state index contributed by atoms with van der Waals surface area (Å²) in [5.41, 5.74) is 3.71. The van der Waals surface area contributed by atoms with E-state index in [2.05, 4.69) is 71.0 Å². The minimum Gasteiger partial charge on any atom is -0.357 e. The highest BCUT2D eigenvalue weighted by Gasteiger charge is 2.24. The van der Waals surface area contributed by atoms with Crippen LogP contribution in [0.4, 0.5) is 0 Å². The van der Waals surface area contributed by atoms with Gasteiger partial charge in [0.2, 0.25) is 5.91 Å². The molecule has 2 aromatic carbocycles. The van der Waals surface area contributed by atoms with Gasteiger partial charge < -0.3 is 15.5 Å². The van der Waals surface area contributed by atoms with E-state index in [0.717, 1.165) is 45.1 Å². The number of guanidine groups is 1. The largest absolute Gasteiger partial charge is 0.357 e. The second-order valence-electron chi connectivity index (χ2n) is 8.93. The lowest BCUT2D eigenvalue weighted by Gasteiger charge is -2.29. The van der Waals surface area contributed by atoms with E-state index in [1.54, 1.807) is 0 Å². The van der Waals surface area contributed by atoms with Gasteiger partial charge in [-0.15, -0.1) is 0 Å². The fourth-order valence-electron chi connectivity index (χ4n) is 4.83. The zero-order chi connectivity index (χ0) is 22.9. The minimum absolute atomic E-state index is 0.261. The Kier molecular flexibility index (Phi) is 8.36. The topological polar surface area (TPSA) is 60.0 Å². The average Bonchev–Trinajstić information content (AvgIpc) is 3.51. The van der Waals surface area contributed by atoms with E-state index in [4.69, 9.17) is 4.99 Å². The van der Waals surface area contributed by atoms with Crippen LogP contribution >= 0.6 is 0 Å². The number of amides is 1. The fraction of sp³-hybridized carbons (Fsp3) is 0.481. The van der Waals surface area contributed by atoms with Gasteiger partial charge in [0, 0.05) is 32.6 Å². The van der Waals surface area contributed by atoms with Crippen LogP contribution in [0.3, 0.4) is 0 Å². The standard InChI is InChI=1S/C27H37N5O/c1-2-28-27(30-20-25(31-16-8-9-17-31)22-11-4-3-5-12-22)29-19-23-13-6-7-14-24(23)21-32-18-10-15-26(32)33/h3-7,11-14,25H,2,8-10,15-21H2,1H3,(H2,28,29,30). The first-order valence-corrected chi connectivity index (χ1v) is 12.4. The molecular weight excluding hydrogens is 410 g/mol. The van der Waals surface area contributed by atoms with Gasteiger partial charge in [0.05, 0.1) is 12.6 Å². The van der Waals surface area contributed by atoms with Crippen LogP contribution in [0.1, 0.15) is 55.3 Å². The van der Waals surface area contributed by atoms with Crippen LogP contribution in [0.2, 0.25) is 0 Å². The van der Waals surface area contributed by atoms with E-state index >= 15 is 0 Å². The third-order valence-corrected chi connectivity index (χ3v) is 6.63. The smallest absolute Gasteiger partial charge is 0.222 e. The Morgan fingerprint density at radius 2 is 1.67 bits per heavy atom. The first-order chi connectivity index (χ1) is 16.2. The highest BCUT2D eigenvalue weighted by molar-refractivity contribution is 5.80. The van der Waals surface area contributed by atoms with Crippen LogP contribution in [0.15, 0.2) is 59.6 Å². The molecule has 4 rings (SSSR count). The van der Waals surface area contributed by atoms with Crippen LogP contribution in [-0.4, -0.2) is 54.4 Å². The number of nitrogens with one attached hydrogen (secondary N) is 2. The molecule has 6 heteroatoms. The highest BCUT2D eigenvalue weighted by Crippen LogP contribution is 2.24. The number of hydrogen-bond acceptors (Lipinski definition) is 3. The van der Waals surface area contributed by atoms with Gasteiger partial charge in [-0.05, 0) is 56.0 Å². The van der Waals surface area contributed by atoms with Gasteiger partial charge in [-0.1, -0.05) is 54.6 Å². The summed E-state index contributed by atoms with van der Waals surface area (Å²) in [7, 11) is 0. The number of rotatable bonds is 9. The van der Waals surface area contributed by atoms with Gasteiger partial charge in [-0.3, -0.25) is 9.69 Å². The zero-order valence-corrected chi connectivity index (χ0v) is 19.8. The van der Waals surface area contributed by atoms with E-state index < -0.39 is 0 Å². The summed E-state index contributed by atoms with van der Waals surface area (Å²) >= 11 is 0. The maximum atomic E-state index is 12.1. The van der Waals surface area contributed by atoms with E-state index in [1.165, 1.54) is 29.5 Å². The molecule has 0 spiro atoms. The lowest BCUT2D eigenvalue weighted by Crippen LogP contribution is -2.42. The number of benzene rings is 2. The maximum Gasteiger partial charge on any atom is 0.222 e. The summed E-state index contributed by atoms with van der Waals surface area (Å²) in [4.78, 5) is 21.5. The van der Waals surface area contributed by atoms with E-state index in [0.29, 0.717) is 25.6 Å². The molecule has 2 heterocycles. The van der Waals surface area contributed by atoms with E-state index in [1.807, 2.05) is 11.0 Å². The molecule has 0 bridgehead atoms. The highest BCUT2D eigenvalue weighted by atomic mass is 16.2. The quantitative estimate of drug-likeness (QED) is 0.455. The van der Waals surface area contributed by atoms with Gasteiger partial charge >= 0.3 is 0 Å². The molecule has 176 valence electrons. The van der Waals surface area contributed by atoms with Crippen LogP contribution in [-0.2, 0) is 17.9 Å². The molecule has 2 aliphatic rings. The predicted molar refractivity (Wildman–Crippen MR) is 134 cm³/mol. The van der Waals surface area contributed by atoms with Gasteiger partial charge in [0.1, 0.15) is 0 Å². The summed E-state index contributed by atoms with van der Waals surface area (Å²) in [6.07, 6.45) is 4.18. The summed E-state index contributed by atoms with van der Waals surface area (Å²) in [6.45, 7) is 8.16. The molecule has 0 radical (unpaired) electrons. The Morgan fingerprint density at radius 1 is 0.939 bits per heavy atom. The molecule has 0 saturated carbocycles. The lowest BCUT2D eigenvalue weighted by molar-refractivity contribution is -0.128. The molecular formula is C27H37N5O. The minimum atomic E-state index is 0.261. The monoisotopic (exact) mass is 447 g/mol. The normalized spacial score (nSPS) is 18.0. The molecule has 0 aliphatic carbocycles. The molecule has 2 saturated heterocycles. The van der Waals surface area contributed by atoms with Crippen molar-refractivity contribution in [1.82, 2.24) is 20.4 Å². The van der Waals surface area contributed by atoms with Gasteiger partial charge in [-0.25, -0.2) is 4.99 Å². The second kappa shape index (κ2) is 11.8. The fourth-order valence-corrected chi connectivity index (χ4v) is 4.83. The number of hydrogen-bond donors (Lipinski definition) is 2. The van der Waals surface area contributed by atoms with Crippen molar-refractivity contribution in [2.24, 2.45) is 4.99 Å². The Labute approximate surface area is 198 Å². The summed E-state index contributed by atoms with van der Waals surface area (Å²) < 4.78 is 0. The average molecular weight is 448 g/mol. The number of likely N-dealkylation sites (tertiary alicyclic amines) is 2. The van der Waals surface area contributed by atoms with Crippen molar-refractivity contribution in [1.29, 1.82) is 0 Å². The Morgan fingerprint density at radius 3 is 2.36 bits per heavy atom. The molecule has 1 unspecified atom stereocenters. The van der Waals surface area contributed by atoms with Gasteiger partial charge in [0.25, 0.3) is 0 Å². The third-order valence-electron chi connectivity index (χ3n) is 6.63. The molecule has 2 fully saturated rings. The second-order valence-corrected chi connectivity index (χ2v) is 8.93. The molecule has 1 atom stereocenters. The Hall–Kier alpha value is -2.86. The van der Waals surface area contributed by atoms with Crippen LogP contribution in [0.5, 0.6) is 0 Å². The van der Waals surface area contributed by atoms with Crippen molar-refractivity contribution in [3.8, 4) is 0 Å². The first-order valence-electron chi connectivity index (χ1n) is 12.4. The summed E-state index contributed by atoms with van der Waals surface area (Å²) in [6, 6.07) is 19.5. The Bertz CT molecular complexity index is 923. The molecule has 2 aliphatic heterocycles. The van der Waals surface area contributed by atoms with Crippen LogP contribution in [0, 0.1) is 0 Å². The number of carbonyl (C=O) groups excluding carboxylic acids is 1. The zero-order valence-electron chi connectivity index (χ0n) is 19.8. The van der Waals surface area contributed by atoms with E-state index in [-0.39, 0.29) is 5.91 Å². The first kappa shape index (κ1) is 23.3. The van der Waals surface area contributed by atoms with Crippen LogP contribution < -0.4 is 10.6 Å². The van der Waals surface area contributed by atoms with Crippen molar-refractivity contribution in [2.45, 2.75) is 51.7 Å². The summed E-state index contributed by atoms with van der Waals surface area (Å²) in [5, 5.41) is 7.00. The van der Waals surface area contributed by atoms with E-state index in [9.17, 15) is 4.79 Å². The molecule has 2 aromatic rings. The third kappa shape index (κ3) is 6.35. The molecule has 6 nitrogen and oxygen atoms in total. The van der Waals surface area contributed by atoms with Crippen molar-refractivity contribution < 1.29 is 4.79 Å². The number of aliphatic imine (C=N–C) groups is 1. The molecule has 1 amide bonds. The Balaban J connectivity index is 1.44. The van der Waals surface area contributed by atoms with Gasteiger partial charge in [-0.2, -0.15) is 0 Å². The predicted octanol–water partition coefficient (Wildman–Crippen LogP) is 3.70. The summed E-state index contributed by atoms with van der Waals surface area (Å²) in [5.74, 6) is 1.10. The SMILES string of the molecule is CCNC(=NCc1ccccc1CN1CCCC1=O)NCC(c1ccccc1)N1CCCC1. The maximum absolute atomic E-state index is 12.1. The van der Waals surface area contributed by atoms with Crippen molar-refractivity contribution in [2.75, 3.05) is 32.7 Å². The number of carbonyl (C=O) groups is 1. The van der Waals surface area contributed by atoms with Crippen LogP contribution in [0.25, 0.3) is 0 Å². The van der Waals surface area contributed by atoms with Crippen molar-refractivity contribution in [3.05, 3.63) is 71.3 Å². The number of nitrogens with zero attached hydrogens (tertiary/aromatic N) is 3. The lowest BCUT2D eigenvalue weighted by atomic mass is 10.1.